The normalized spacial score (nSPS) is 13.4. The van der Waals surface area contributed by atoms with Crippen molar-refractivity contribution in [1.29, 1.82) is 5.26 Å². The molecule has 1 aromatic carbocycles. The van der Waals surface area contributed by atoms with Gasteiger partial charge in [-0.15, -0.1) is 0 Å². The molecule has 2 aromatic rings. The van der Waals surface area contributed by atoms with Crippen molar-refractivity contribution in [2.24, 2.45) is 4.99 Å². The van der Waals surface area contributed by atoms with E-state index in [1.165, 1.54) is 32.4 Å². The number of aromatic nitrogens is 2. The molecule has 0 fully saturated rings. The summed E-state index contributed by atoms with van der Waals surface area (Å²) in [6.45, 7) is 7.90. The summed E-state index contributed by atoms with van der Waals surface area (Å²) in [6, 6.07) is 5.61. The molecule has 0 atom stereocenters. The fraction of sp³-hybridized carbons (Fsp3) is 0.357. The van der Waals surface area contributed by atoms with Gasteiger partial charge >= 0.3 is 5.92 Å². The molecular formula is C28H29ClF4N4O3. The van der Waals surface area contributed by atoms with Crippen molar-refractivity contribution in [1.82, 2.24) is 9.55 Å². The van der Waals surface area contributed by atoms with Gasteiger partial charge in [-0.25, -0.2) is 13.8 Å². The molecule has 0 saturated heterocycles. The maximum absolute atomic E-state index is 15.1. The number of hydrogen-bond donors (Lipinski definition) is 0. The highest BCUT2D eigenvalue weighted by Crippen LogP contribution is 2.39. The first-order valence-electron chi connectivity index (χ1n) is 11.9. The molecular weight excluding hydrogens is 552 g/mol. The van der Waals surface area contributed by atoms with E-state index in [0.29, 0.717) is 12.0 Å². The summed E-state index contributed by atoms with van der Waals surface area (Å²) in [6.07, 6.45) is 2.32. The second-order valence-electron chi connectivity index (χ2n) is 8.94. The number of nitrogens with zero attached hydrogens (tertiary/aromatic N) is 4. The first-order chi connectivity index (χ1) is 18.6. The smallest absolute Gasteiger partial charge is 0.314 e. The SMILES string of the molecule is C=C(C)C(F)(F)c1ncn(CC(=CC(=C(C)CC)C(C)(F)F)C(=NC)OC)c(=O)c1Oc1cc(Cl)cc(C#N)c1. The van der Waals surface area contributed by atoms with Crippen LogP contribution in [0.15, 0.2) is 69.3 Å². The van der Waals surface area contributed by atoms with Crippen LogP contribution in [0.1, 0.15) is 45.4 Å². The third-order valence-corrected chi connectivity index (χ3v) is 6.06. The molecule has 0 unspecified atom stereocenters. The third-order valence-electron chi connectivity index (χ3n) is 5.84. The lowest BCUT2D eigenvalue weighted by atomic mass is 9.99. The molecule has 0 aliphatic carbocycles. The zero-order valence-electron chi connectivity index (χ0n) is 22.9. The summed E-state index contributed by atoms with van der Waals surface area (Å²) in [5.41, 5.74) is -2.52. The van der Waals surface area contributed by atoms with E-state index in [0.717, 1.165) is 30.8 Å². The standard InChI is InChI=1S/C28H29ClF4N4O3/c1-8-17(4)22(27(5,30)31)11-19(25(35-6)39-7)14-37-15-36-24(28(32,33)16(2)3)23(26(37)38)40-21-10-18(13-34)9-20(29)12-21/h9-12,15H,2,8,14H2,1,3-7H3. The Morgan fingerprint density at radius 1 is 1.27 bits per heavy atom. The number of aliphatic imine (C=N–C) groups is 1. The van der Waals surface area contributed by atoms with Crippen molar-refractivity contribution in [2.75, 3.05) is 14.2 Å². The van der Waals surface area contributed by atoms with Crippen molar-refractivity contribution in [3.63, 3.8) is 0 Å². The van der Waals surface area contributed by atoms with Gasteiger partial charge in [0.05, 0.1) is 31.6 Å². The summed E-state index contributed by atoms with van der Waals surface area (Å²) >= 11 is 6.01. The number of ether oxygens (including phenoxy) is 2. The van der Waals surface area contributed by atoms with Crippen molar-refractivity contribution >= 4 is 17.5 Å². The van der Waals surface area contributed by atoms with E-state index in [1.807, 2.05) is 6.07 Å². The minimum atomic E-state index is -3.77. The molecule has 0 aliphatic heterocycles. The molecule has 0 spiro atoms. The zero-order chi connectivity index (χ0) is 30.4. The van der Waals surface area contributed by atoms with Gasteiger partial charge in [-0.05, 0) is 50.1 Å². The summed E-state index contributed by atoms with van der Waals surface area (Å²) in [5.74, 6) is -8.12. The average Bonchev–Trinajstić information content (AvgIpc) is 2.88. The second-order valence-corrected chi connectivity index (χ2v) is 9.37. The van der Waals surface area contributed by atoms with Crippen LogP contribution in [0.2, 0.25) is 5.02 Å². The van der Waals surface area contributed by atoms with Crippen LogP contribution in [0, 0.1) is 11.3 Å². The summed E-state index contributed by atoms with van der Waals surface area (Å²) < 4.78 is 71.0. The van der Waals surface area contributed by atoms with Crippen LogP contribution < -0.4 is 10.3 Å². The topological polar surface area (TPSA) is 89.5 Å². The molecule has 12 heteroatoms. The van der Waals surface area contributed by atoms with Gasteiger partial charge in [-0.2, -0.15) is 14.0 Å². The molecule has 0 amide bonds. The van der Waals surface area contributed by atoms with Gasteiger partial charge in [-0.1, -0.05) is 30.7 Å². The Kier molecular flexibility index (Phi) is 10.5. The lowest BCUT2D eigenvalue weighted by Gasteiger charge is -2.21. The van der Waals surface area contributed by atoms with Crippen LogP contribution in [0.25, 0.3) is 0 Å². The number of hydrogen-bond acceptors (Lipinski definition) is 6. The minimum absolute atomic E-state index is 0.0538. The molecule has 0 N–H and O–H groups in total. The van der Waals surface area contributed by atoms with Crippen LogP contribution in [-0.2, 0) is 17.2 Å². The van der Waals surface area contributed by atoms with Gasteiger partial charge in [0.25, 0.3) is 11.5 Å². The predicted octanol–water partition coefficient (Wildman–Crippen LogP) is 7.21. The number of allylic oxidation sites excluding steroid dienone is 4. The first-order valence-corrected chi connectivity index (χ1v) is 12.3. The Balaban J connectivity index is 2.84. The molecule has 40 heavy (non-hydrogen) atoms. The third kappa shape index (κ3) is 7.39. The Hall–Kier alpha value is -3.91. The molecule has 1 aromatic heterocycles. The number of nitriles is 1. The van der Waals surface area contributed by atoms with E-state index < -0.39 is 41.0 Å². The summed E-state index contributed by atoms with van der Waals surface area (Å²) in [7, 11) is 2.64. The lowest BCUT2D eigenvalue weighted by molar-refractivity contribution is 0.0308. The molecule has 0 aliphatic rings. The number of benzene rings is 1. The van der Waals surface area contributed by atoms with E-state index in [2.05, 4.69) is 16.6 Å². The Morgan fingerprint density at radius 3 is 2.42 bits per heavy atom. The number of rotatable bonds is 10. The molecule has 0 bridgehead atoms. The van der Waals surface area contributed by atoms with Crippen LogP contribution in [-0.4, -0.2) is 35.5 Å². The minimum Gasteiger partial charge on any atom is -0.481 e. The van der Waals surface area contributed by atoms with Crippen LogP contribution in [0.3, 0.4) is 0 Å². The number of alkyl halides is 4. The Bertz CT molecular complexity index is 1480. The maximum atomic E-state index is 15.1. The van der Waals surface area contributed by atoms with E-state index in [1.54, 1.807) is 13.8 Å². The van der Waals surface area contributed by atoms with E-state index in [4.69, 9.17) is 21.1 Å². The highest BCUT2D eigenvalue weighted by molar-refractivity contribution is 6.30. The van der Waals surface area contributed by atoms with Crippen LogP contribution in [0.4, 0.5) is 17.6 Å². The van der Waals surface area contributed by atoms with E-state index in [9.17, 15) is 18.8 Å². The van der Waals surface area contributed by atoms with Gasteiger partial charge in [0.1, 0.15) is 5.75 Å². The van der Waals surface area contributed by atoms with E-state index in [-0.39, 0.29) is 33.4 Å². The molecule has 0 radical (unpaired) electrons. The number of halogens is 5. The van der Waals surface area contributed by atoms with Crippen molar-refractivity contribution < 1.29 is 27.0 Å². The highest BCUT2D eigenvalue weighted by Gasteiger charge is 2.40. The first kappa shape index (κ1) is 32.3. The molecule has 214 valence electrons. The van der Waals surface area contributed by atoms with E-state index >= 15 is 8.78 Å². The molecule has 0 saturated carbocycles. The van der Waals surface area contributed by atoms with Gasteiger partial charge in [-0.3, -0.25) is 14.4 Å². The van der Waals surface area contributed by atoms with Gasteiger partial charge in [0.2, 0.25) is 11.6 Å². The molecule has 1 heterocycles. The quantitative estimate of drug-likeness (QED) is 0.0973. The maximum Gasteiger partial charge on any atom is 0.314 e. The van der Waals surface area contributed by atoms with Gasteiger partial charge in [0.15, 0.2) is 5.69 Å². The summed E-state index contributed by atoms with van der Waals surface area (Å²) in [4.78, 5) is 21.3. The van der Waals surface area contributed by atoms with Gasteiger partial charge in [0, 0.05) is 30.1 Å². The lowest BCUT2D eigenvalue weighted by Crippen LogP contribution is -2.30. The predicted molar refractivity (Wildman–Crippen MR) is 146 cm³/mol. The molecule has 7 nitrogen and oxygen atoms in total. The van der Waals surface area contributed by atoms with Gasteiger partial charge < -0.3 is 9.47 Å². The van der Waals surface area contributed by atoms with Crippen molar-refractivity contribution in [3.8, 4) is 17.6 Å². The van der Waals surface area contributed by atoms with Crippen LogP contribution >= 0.6 is 11.6 Å². The monoisotopic (exact) mass is 580 g/mol. The van der Waals surface area contributed by atoms with Crippen molar-refractivity contribution in [2.45, 2.75) is 52.5 Å². The fourth-order valence-corrected chi connectivity index (χ4v) is 3.84. The number of methoxy groups -OCH3 is 1. The highest BCUT2D eigenvalue weighted by atomic mass is 35.5. The van der Waals surface area contributed by atoms with Crippen molar-refractivity contribution in [3.05, 3.63) is 86.1 Å². The Labute approximate surface area is 234 Å². The average molecular weight is 581 g/mol. The summed E-state index contributed by atoms with van der Waals surface area (Å²) in [5, 5.41) is 9.29. The van der Waals surface area contributed by atoms with Crippen LogP contribution in [0.5, 0.6) is 11.5 Å². The second kappa shape index (κ2) is 13.0. The fourth-order valence-electron chi connectivity index (χ4n) is 3.62. The largest absolute Gasteiger partial charge is 0.481 e. The zero-order valence-corrected chi connectivity index (χ0v) is 23.7. The molecule has 2 rings (SSSR count). The Morgan fingerprint density at radius 2 is 1.93 bits per heavy atom.